The minimum atomic E-state index is -1.23. The van der Waals surface area contributed by atoms with E-state index in [-0.39, 0.29) is 11.1 Å². The lowest BCUT2D eigenvalue weighted by Crippen LogP contribution is -2.29. The number of amides is 1. The number of carboxylic acid groups (broad SMARTS) is 1. The van der Waals surface area contributed by atoms with E-state index in [0.29, 0.717) is 6.54 Å². The lowest BCUT2D eigenvalue weighted by atomic mass is 10.1. The molecule has 0 aliphatic heterocycles. The molecule has 1 N–H and O–H groups in total. The zero-order valence-electron chi connectivity index (χ0n) is 14.2. The summed E-state index contributed by atoms with van der Waals surface area (Å²) >= 11 is 0. The second-order valence-corrected chi connectivity index (χ2v) is 5.68. The van der Waals surface area contributed by atoms with E-state index in [2.05, 4.69) is 0 Å². The van der Waals surface area contributed by atoms with Gasteiger partial charge in [0.15, 0.2) is 0 Å². The van der Waals surface area contributed by atoms with Gasteiger partial charge in [-0.05, 0) is 48.7 Å². The molecule has 1 amide bonds. The van der Waals surface area contributed by atoms with E-state index in [1.165, 1.54) is 17.0 Å². The third-order valence-corrected chi connectivity index (χ3v) is 3.91. The molecule has 5 nitrogen and oxygen atoms in total. The fourth-order valence-electron chi connectivity index (χ4n) is 2.44. The summed E-state index contributed by atoms with van der Waals surface area (Å²) in [5.74, 6) is -1.74. The van der Waals surface area contributed by atoms with Gasteiger partial charge in [-0.15, -0.1) is 0 Å². The van der Waals surface area contributed by atoms with Crippen molar-refractivity contribution in [3.63, 3.8) is 0 Å². The van der Waals surface area contributed by atoms with Crippen molar-refractivity contribution in [3.05, 3.63) is 65.0 Å². The van der Waals surface area contributed by atoms with Crippen molar-refractivity contribution in [2.24, 2.45) is 0 Å². The number of benzene rings is 2. The average Bonchev–Trinajstić information content (AvgIpc) is 2.61. The second-order valence-electron chi connectivity index (χ2n) is 5.68. The number of rotatable bonds is 7. The highest BCUT2D eigenvalue weighted by Gasteiger charge is 2.17. The van der Waals surface area contributed by atoms with Gasteiger partial charge in [0, 0.05) is 13.6 Å². The molecular formula is C19H20FNO4. The number of aromatic carboxylic acids is 1. The Bertz CT molecular complexity index is 759. The van der Waals surface area contributed by atoms with Gasteiger partial charge in [-0.3, -0.25) is 4.79 Å². The van der Waals surface area contributed by atoms with Crippen LogP contribution >= 0.6 is 0 Å². The minimum absolute atomic E-state index is 0.128. The summed E-state index contributed by atoms with van der Waals surface area (Å²) in [4.78, 5) is 24.5. The van der Waals surface area contributed by atoms with E-state index >= 15 is 0 Å². The highest BCUT2D eigenvalue weighted by atomic mass is 19.1. The summed E-state index contributed by atoms with van der Waals surface area (Å²) in [6.45, 7) is 0.463. The van der Waals surface area contributed by atoms with Crippen molar-refractivity contribution < 1.29 is 23.8 Å². The first-order valence-electron chi connectivity index (χ1n) is 7.83. The number of hydrogen-bond acceptors (Lipinski definition) is 3. The molecule has 0 spiro atoms. The summed E-state index contributed by atoms with van der Waals surface area (Å²) in [5, 5.41) is 8.84. The molecule has 0 fully saturated rings. The monoisotopic (exact) mass is 345 g/mol. The number of nitrogens with zero attached hydrogens (tertiary/aromatic N) is 1. The smallest absolute Gasteiger partial charge is 0.335 e. The number of aryl methyl sites for hydroxylation is 1. The fraction of sp³-hybridized carbons (Fsp3) is 0.263. The Morgan fingerprint density at radius 1 is 1.16 bits per heavy atom. The molecule has 0 saturated carbocycles. The van der Waals surface area contributed by atoms with Gasteiger partial charge < -0.3 is 14.7 Å². The molecule has 0 radical (unpaired) electrons. The molecule has 0 aliphatic rings. The molecule has 0 atom stereocenters. The van der Waals surface area contributed by atoms with E-state index in [1.54, 1.807) is 14.2 Å². The number of hydrogen-bond donors (Lipinski definition) is 1. The van der Waals surface area contributed by atoms with Crippen LogP contribution in [0.3, 0.4) is 0 Å². The largest absolute Gasteiger partial charge is 0.497 e. The van der Waals surface area contributed by atoms with Gasteiger partial charge in [-0.2, -0.15) is 0 Å². The highest BCUT2D eigenvalue weighted by Crippen LogP contribution is 2.15. The molecule has 2 aromatic carbocycles. The summed E-state index contributed by atoms with van der Waals surface area (Å²) in [7, 11) is 3.21. The number of methoxy groups -OCH3 is 1. The first-order chi connectivity index (χ1) is 11.9. The molecule has 25 heavy (non-hydrogen) atoms. The van der Waals surface area contributed by atoms with Gasteiger partial charge in [-0.25, -0.2) is 9.18 Å². The van der Waals surface area contributed by atoms with Gasteiger partial charge in [0.25, 0.3) is 5.91 Å². The van der Waals surface area contributed by atoms with E-state index in [1.807, 2.05) is 24.3 Å². The fourth-order valence-corrected chi connectivity index (χ4v) is 2.44. The van der Waals surface area contributed by atoms with Crippen LogP contribution in [0.15, 0.2) is 42.5 Å². The Hall–Kier alpha value is -2.89. The van der Waals surface area contributed by atoms with Crippen LogP contribution in [0.4, 0.5) is 4.39 Å². The number of carbonyl (C=O) groups is 2. The van der Waals surface area contributed by atoms with Gasteiger partial charge in [-0.1, -0.05) is 12.1 Å². The van der Waals surface area contributed by atoms with Gasteiger partial charge in [0.1, 0.15) is 11.6 Å². The van der Waals surface area contributed by atoms with E-state index in [9.17, 15) is 14.0 Å². The predicted octanol–water partition coefficient (Wildman–Crippen LogP) is 3.24. The SMILES string of the molecule is COc1ccc(CCCN(C)C(=O)c2ccc(C(=O)O)cc2F)cc1. The average molecular weight is 345 g/mol. The summed E-state index contributed by atoms with van der Waals surface area (Å²) in [6, 6.07) is 11.0. The molecule has 0 bridgehead atoms. The maximum absolute atomic E-state index is 14.0. The molecule has 0 unspecified atom stereocenters. The van der Waals surface area contributed by atoms with E-state index in [0.717, 1.165) is 30.2 Å². The second kappa shape index (κ2) is 8.28. The van der Waals surface area contributed by atoms with E-state index < -0.39 is 17.7 Å². The van der Waals surface area contributed by atoms with Crippen LogP contribution in [0.2, 0.25) is 0 Å². The third-order valence-electron chi connectivity index (χ3n) is 3.91. The number of ether oxygens (including phenoxy) is 1. The maximum atomic E-state index is 14.0. The Balaban J connectivity index is 1.92. The van der Waals surface area contributed by atoms with Crippen LogP contribution in [0.25, 0.3) is 0 Å². The van der Waals surface area contributed by atoms with Crippen LogP contribution in [0.5, 0.6) is 5.75 Å². The van der Waals surface area contributed by atoms with Crippen molar-refractivity contribution in [3.8, 4) is 5.75 Å². The lowest BCUT2D eigenvalue weighted by Gasteiger charge is -2.17. The Kier molecular flexibility index (Phi) is 6.11. The molecule has 132 valence electrons. The Morgan fingerprint density at radius 3 is 2.40 bits per heavy atom. The van der Waals surface area contributed by atoms with Crippen molar-refractivity contribution in [2.45, 2.75) is 12.8 Å². The number of carbonyl (C=O) groups excluding carboxylic acids is 1. The predicted molar refractivity (Wildman–Crippen MR) is 91.6 cm³/mol. The molecule has 0 heterocycles. The summed E-state index contributed by atoms with van der Waals surface area (Å²) in [5.41, 5.74) is 0.812. The normalized spacial score (nSPS) is 10.4. The minimum Gasteiger partial charge on any atom is -0.497 e. The first kappa shape index (κ1) is 18.4. The zero-order valence-corrected chi connectivity index (χ0v) is 14.2. The molecule has 6 heteroatoms. The molecule has 2 aromatic rings. The number of carboxylic acids is 1. The molecule has 2 rings (SSSR count). The first-order valence-corrected chi connectivity index (χ1v) is 7.83. The van der Waals surface area contributed by atoms with E-state index in [4.69, 9.17) is 9.84 Å². The maximum Gasteiger partial charge on any atom is 0.335 e. The van der Waals surface area contributed by atoms with Crippen LogP contribution in [0.1, 0.15) is 32.7 Å². The van der Waals surface area contributed by atoms with Crippen molar-refractivity contribution in [1.82, 2.24) is 4.90 Å². The highest BCUT2D eigenvalue weighted by molar-refractivity contribution is 5.96. The van der Waals surface area contributed by atoms with Gasteiger partial charge >= 0.3 is 5.97 Å². The van der Waals surface area contributed by atoms with Gasteiger partial charge in [0.05, 0.1) is 18.2 Å². The van der Waals surface area contributed by atoms with Crippen molar-refractivity contribution >= 4 is 11.9 Å². The molecule has 0 aliphatic carbocycles. The zero-order chi connectivity index (χ0) is 18.4. The molecule has 0 saturated heterocycles. The van der Waals surface area contributed by atoms with Crippen molar-refractivity contribution in [2.75, 3.05) is 20.7 Å². The topological polar surface area (TPSA) is 66.8 Å². The Labute approximate surface area is 145 Å². The summed E-state index contributed by atoms with van der Waals surface area (Å²) < 4.78 is 19.1. The van der Waals surface area contributed by atoms with Crippen LogP contribution < -0.4 is 4.74 Å². The molecule has 0 aromatic heterocycles. The van der Waals surface area contributed by atoms with Gasteiger partial charge in [0.2, 0.25) is 0 Å². The van der Waals surface area contributed by atoms with Crippen LogP contribution in [-0.2, 0) is 6.42 Å². The molecular weight excluding hydrogens is 325 g/mol. The Morgan fingerprint density at radius 2 is 1.84 bits per heavy atom. The quantitative estimate of drug-likeness (QED) is 0.837. The number of halogens is 1. The lowest BCUT2D eigenvalue weighted by molar-refractivity contribution is 0.0694. The van der Waals surface area contributed by atoms with Crippen molar-refractivity contribution in [1.29, 1.82) is 0 Å². The standard InChI is InChI=1S/C19H20FNO4/c1-21(11-3-4-13-5-8-15(25-2)9-6-13)18(22)16-10-7-14(19(23)24)12-17(16)20/h5-10,12H,3-4,11H2,1-2H3,(H,23,24). The van der Waals surface area contributed by atoms with Crippen LogP contribution in [-0.4, -0.2) is 42.6 Å². The summed E-state index contributed by atoms with van der Waals surface area (Å²) in [6.07, 6.45) is 1.51. The third kappa shape index (κ3) is 4.79. The van der Waals surface area contributed by atoms with Crippen LogP contribution in [0, 0.1) is 5.82 Å².